The van der Waals surface area contributed by atoms with Gasteiger partial charge in [-0.2, -0.15) is 0 Å². The smallest absolute Gasteiger partial charge is 0.180 e. The fourth-order valence-corrected chi connectivity index (χ4v) is 2.17. The van der Waals surface area contributed by atoms with E-state index in [2.05, 4.69) is 48.9 Å². The summed E-state index contributed by atoms with van der Waals surface area (Å²) in [6, 6.07) is 2.09. The Hall–Kier alpha value is -1.24. The summed E-state index contributed by atoms with van der Waals surface area (Å²) in [6.07, 6.45) is 3.67. The molecule has 0 aliphatic carbocycles. The quantitative estimate of drug-likeness (QED) is 0.861. The molecule has 0 fully saturated rings. The highest BCUT2D eigenvalue weighted by Crippen LogP contribution is 2.21. The molecule has 1 N–H and O–H groups in total. The highest BCUT2D eigenvalue weighted by molar-refractivity contribution is 14.1. The third kappa shape index (κ3) is 2.77. The molecule has 2 aromatic heterocycles. The zero-order valence-electron chi connectivity index (χ0n) is 10.7. The van der Waals surface area contributed by atoms with Crippen LogP contribution in [0.1, 0.15) is 18.1 Å². The highest BCUT2D eigenvalue weighted by atomic mass is 127. The summed E-state index contributed by atoms with van der Waals surface area (Å²) in [5, 5.41) is 3.23. The molecule has 0 amide bonds. The van der Waals surface area contributed by atoms with E-state index in [4.69, 9.17) is 0 Å². The van der Waals surface area contributed by atoms with Crippen LogP contribution in [0.5, 0.6) is 0 Å². The number of pyridine rings is 1. The van der Waals surface area contributed by atoms with Gasteiger partial charge in [-0.1, -0.05) is 6.07 Å². The third-order valence-electron chi connectivity index (χ3n) is 2.52. The van der Waals surface area contributed by atoms with E-state index in [0.29, 0.717) is 5.82 Å². The first-order chi connectivity index (χ1) is 8.61. The van der Waals surface area contributed by atoms with Crippen molar-refractivity contribution in [3.05, 3.63) is 33.2 Å². The van der Waals surface area contributed by atoms with Crippen LogP contribution in [0.4, 0.5) is 5.82 Å². The van der Waals surface area contributed by atoms with Gasteiger partial charge in [0.15, 0.2) is 5.82 Å². The first kappa shape index (κ1) is 13.2. The first-order valence-electron chi connectivity index (χ1n) is 5.82. The molecule has 2 rings (SSSR count). The molecule has 0 aliphatic rings. The number of aromatic nitrogens is 3. The second kappa shape index (κ2) is 5.60. The maximum absolute atomic E-state index is 4.53. The predicted octanol–water partition coefficient (Wildman–Crippen LogP) is 3.19. The van der Waals surface area contributed by atoms with E-state index >= 15 is 0 Å². The van der Waals surface area contributed by atoms with Crippen molar-refractivity contribution in [1.29, 1.82) is 0 Å². The number of nitrogens with one attached hydrogen (secondary N) is 1. The van der Waals surface area contributed by atoms with Gasteiger partial charge in [0.1, 0.15) is 11.5 Å². The molecule has 0 bridgehead atoms. The number of hydrogen-bond acceptors (Lipinski definition) is 4. The van der Waals surface area contributed by atoms with Crippen molar-refractivity contribution in [1.82, 2.24) is 15.0 Å². The van der Waals surface area contributed by atoms with Crippen LogP contribution in [0.15, 0.2) is 18.5 Å². The Morgan fingerprint density at radius 2 is 2.00 bits per heavy atom. The lowest BCUT2D eigenvalue weighted by molar-refractivity contribution is 1.08. The Labute approximate surface area is 120 Å². The predicted molar refractivity (Wildman–Crippen MR) is 81.6 cm³/mol. The lowest BCUT2D eigenvalue weighted by Crippen LogP contribution is -2.04. The maximum Gasteiger partial charge on any atom is 0.180 e. The topological polar surface area (TPSA) is 50.7 Å². The molecule has 2 aromatic rings. The second-order valence-corrected chi connectivity index (χ2v) is 5.26. The zero-order valence-corrected chi connectivity index (χ0v) is 12.8. The molecule has 2 heterocycles. The van der Waals surface area contributed by atoms with E-state index in [1.807, 2.05) is 33.2 Å². The van der Waals surface area contributed by atoms with Crippen molar-refractivity contribution in [2.24, 2.45) is 0 Å². The third-order valence-corrected chi connectivity index (χ3v) is 3.30. The van der Waals surface area contributed by atoms with E-state index in [1.165, 1.54) is 0 Å². The number of anilines is 1. The van der Waals surface area contributed by atoms with Crippen LogP contribution in [0.25, 0.3) is 11.5 Å². The van der Waals surface area contributed by atoms with Crippen molar-refractivity contribution >= 4 is 28.4 Å². The van der Waals surface area contributed by atoms with Gasteiger partial charge in [-0.05, 0) is 54.5 Å². The van der Waals surface area contributed by atoms with Crippen LogP contribution in [0.3, 0.4) is 0 Å². The largest absolute Gasteiger partial charge is 0.369 e. The van der Waals surface area contributed by atoms with E-state index < -0.39 is 0 Å². The fourth-order valence-electron chi connectivity index (χ4n) is 1.72. The van der Waals surface area contributed by atoms with Crippen molar-refractivity contribution in [3.8, 4) is 11.5 Å². The van der Waals surface area contributed by atoms with E-state index in [0.717, 1.165) is 32.8 Å². The Bertz CT molecular complexity index is 569. The Morgan fingerprint density at radius 1 is 1.22 bits per heavy atom. The lowest BCUT2D eigenvalue weighted by Gasteiger charge is -2.08. The number of aryl methyl sites for hydroxylation is 2. The van der Waals surface area contributed by atoms with E-state index in [1.54, 1.807) is 0 Å². The van der Waals surface area contributed by atoms with Crippen molar-refractivity contribution < 1.29 is 0 Å². The van der Waals surface area contributed by atoms with E-state index in [9.17, 15) is 0 Å². The van der Waals surface area contributed by atoms with Gasteiger partial charge in [-0.3, -0.25) is 4.98 Å². The molecule has 0 aliphatic heterocycles. The van der Waals surface area contributed by atoms with Gasteiger partial charge in [-0.25, -0.2) is 9.97 Å². The van der Waals surface area contributed by atoms with Crippen LogP contribution in [-0.4, -0.2) is 21.5 Å². The number of hydrogen-bond donors (Lipinski definition) is 1. The van der Waals surface area contributed by atoms with Crippen LogP contribution < -0.4 is 5.32 Å². The van der Waals surface area contributed by atoms with Gasteiger partial charge in [0.05, 0.1) is 3.57 Å². The second-order valence-electron chi connectivity index (χ2n) is 4.10. The average molecular weight is 354 g/mol. The normalized spacial score (nSPS) is 10.4. The summed E-state index contributed by atoms with van der Waals surface area (Å²) in [7, 11) is 0. The fraction of sp³-hybridized carbons (Fsp3) is 0.308. The molecule has 0 spiro atoms. The average Bonchev–Trinajstić information content (AvgIpc) is 2.33. The van der Waals surface area contributed by atoms with Gasteiger partial charge < -0.3 is 5.32 Å². The Kier molecular flexibility index (Phi) is 4.11. The molecular weight excluding hydrogens is 339 g/mol. The van der Waals surface area contributed by atoms with Gasteiger partial charge in [0.2, 0.25) is 0 Å². The molecule has 0 saturated carbocycles. The van der Waals surface area contributed by atoms with Crippen LogP contribution in [0, 0.1) is 17.4 Å². The van der Waals surface area contributed by atoms with Gasteiger partial charge in [0, 0.05) is 18.9 Å². The van der Waals surface area contributed by atoms with Crippen LogP contribution in [0.2, 0.25) is 0 Å². The molecule has 0 atom stereocenters. The number of rotatable bonds is 3. The highest BCUT2D eigenvalue weighted by Gasteiger charge is 2.10. The molecule has 0 unspecified atom stereocenters. The summed E-state index contributed by atoms with van der Waals surface area (Å²) in [5.74, 6) is 1.54. The van der Waals surface area contributed by atoms with Crippen molar-refractivity contribution in [3.63, 3.8) is 0 Å². The summed E-state index contributed by atoms with van der Waals surface area (Å²) in [4.78, 5) is 13.3. The van der Waals surface area contributed by atoms with Gasteiger partial charge >= 0.3 is 0 Å². The summed E-state index contributed by atoms with van der Waals surface area (Å²) in [6.45, 7) is 6.95. The molecule has 0 saturated heterocycles. The molecule has 0 aromatic carbocycles. The van der Waals surface area contributed by atoms with Crippen molar-refractivity contribution in [2.45, 2.75) is 20.8 Å². The minimum atomic E-state index is 0.670. The van der Waals surface area contributed by atoms with Crippen LogP contribution >= 0.6 is 22.6 Å². The minimum absolute atomic E-state index is 0.670. The summed E-state index contributed by atoms with van der Waals surface area (Å²) in [5.41, 5.74) is 3.09. The minimum Gasteiger partial charge on any atom is -0.369 e. The monoisotopic (exact) mass is 354 g/mol. The summed E-state index contributed by atoms with van der Waals surface area (Å²) < 4.78 is 1.02. The molecule has 0 radical (unpaired) electrons. The SMILES string of the molecule is CCNc1nc(-c2ncc(C)cc2C)ncc1I. The van der Waals surface area contributed by atoms with E-state index in [-0.39, 0.29) is 0 Å². The van der Waals surface area contributed by atoms with Crippen LogP contribution in [-0.2, 0) is 0 Å². The Morgan fingerprint density at radius 3 is 2.67 bits per heavy atom. The molecule has 5 heteroatoms. The Balaban J connectivity index is 2.47. The molecule has 4 nitrogen and oxygen atoms in total. The molecular formula is C13H15IN4. The van der Waals surface area contributed by atoms with Crippen molar-refractivity contribution in [2.75, 3.05) is 11.9 Å². The first-order valence-corrected chi connectivity index (χ1v) is 6.89. The molecule has 18 heavy (non-hydrogen) atoms. The number of halogens is 1. The zero-order chi connectivity index (χ0) is 13.1. The lowest BCUT2D eigenvalue weighted by atomic mass is 10.1. The molecule has 94 valence electrons. The summed E-state index contributed by atoms with van der Waals surface area (Å²) >= 11 is 2.23. The maximum atomic E-state index is 4.53. The van der Waals surface area contributed by atoms with Gasteiger partial charge in [0.25, 0.3) is 0 Å². The van der Waals surface area contributed by atoms with Gasteiger partial charge in [-0.15, -0.1) is 0 Å². The number of nitrogens with zero attached hydrogens (tertiary/aromatic N) is 3. The standard InChI is InChI=1S/C13H15IN4/c1-4-15-12-10(14)7-17-13(18-12)11-9(3)5-8(2)6-16-11/h5-7H,4H2,1-3H3,(H,15,17,18).